The summed E-state index contributed by atoms with van der Waals surface area (Å²) in [6.45, 7) is 0. The van der Waals surface area contributed by atoms with Gasteiger partial charge in [0.15, 0.2) is 5.78 Å². The molecule has 0 bridgehead atoms. The van der Waals surface area contributed by atoms with Crippen LogP contribution in [0.3, 0.4) is 0 Å². The molecule has 0 saturated heterocycles. The lowest BCUT2D eigenvalue weighted by atomic mass is 9.99. The van der Waals surface area contributed by atoms with E-state index in [1.165, 1.54) is 0 Å². The number of nitriles is 1. The van der Waals surface area contributed by atoms with Crippen LogP contribution >= 0.6 is 27.5 Å². The van der Waals surface area contributed by atoms with Crippen LogP contribution in [0.25, 0.3) is 0 Å². The number of hydrogen-bond acceptors (Lipinski definition) is 2. The minimum atomic E-state index is -0.190. The van der Waals surface area contributed by atoms with Crippen LogP contribution in [-0.4, -0.2) is 5.78 Å². The maximum atomic E-state index is 12.3. The third-order valence-corrected chi connectivity index (χ3v) is 3.20. The number of halogens is 2. The van der Waals surface area contributed by atoms with Gasteiger partial charge < -0.3 is 0 Å². The number of carbonyl (C=O) groups excluding carboxylic acids is 1. The smallest absolute Gasteiger partial charge is 0.194 e. The first kappa shape index (κ1) is 12.8. The standard InChI is InChI=1S/C14H7BrClNO/c15-11-4-1-10(8-17)13(7-11)14(18)9-2-5-12(16)6-3-9/h1-7H. The van der Waals surface area contributed by atoms with Crippen LogP contribution in [0.4, 0.5) is 0 Å². The van der Waals surface area contributed by atoms with Crippen molar-refractivity contribution in [3.63, 3.8) is 0 Å². The van der Waals surface area contributed by atoms with Crippen LogP contribution in [0.2, 0.25) is 5.02 Å². The van der Waals surface area contributed by atoms with Crippen LogP contribution in [0.15, 0.2) is 46.9 Å². The lowest BCUT2D eigenvalue weighted by Crippen LogP contribution is -2.03. The average Bonchev–Trinajstić information content (AvgIpc) is 2.39. The average molecular weight is 321 g/mol. The summed E-state index contributed by atoms with van der Waals surface area (Å²) in [6, 6.07) is 13.6. The van der Waals surface area contributed by atoms with Crippen molar-refractivity contribution in [2.24, 2.45) is 0 Å². The Labute approximate surface area is 118 Å². The summed E-state index contributed by atoms with van der Waals surface area (Å²) >= 11 is 9.07. The van der Waals surface area contributed by atoms with Crippen LogP contribution in [-0.2, 0) is 0 Å². The van der Waals surface area contributed by atoms with Crippen molar-refractivity contribution >= 4 is 33.3 Å². The van der Waals surface area contributed by atoms with Crippen LogP contribution < -0.4 is 0 Å². The molecule has 2 nitrogen and oxygen atoms in total. The molecule has 0 amide bonds. The van der Waals surface area contributed by atoms with Gasteiger partial charge in [-0.15, -0.1) is 0 Å². The van der Waals surface area contributed by atoms with Gasteiger partial charge in [0, 0.05) is 20.6 Å². The van der Waals surface area contributed by atoms with E-state index in [2.05, 4.69) is 15.9 Å². The number of hydrogen-bond donors (Lipinski definition) is 0. The number of benzene rings is 2. The molecule has 0 saturated carbocycles. The van der Waals surface area contributed by atoms with E-state index < -0.39 is 0 Å². The van der Waals surface area contributed by atoms with E-state index in [0.717, 1.165) is 4.47 Å². The van der Waals surface area contributed by atoms with Crippen molar-refractivity contribution in [2.45, 2.75) is 0 Å². The van der Waals surface area contributed by atoms with Gasteiger partial charge in [0.1, 0.15) is 0 Å². The molecule has 0 unspecified atom stereocenters. The zero-order valence-electron chi connectivity index (χ0n) is 9.15. The minimum absolute atomic E-state index is 0.190. The summed E-state index contributed by atoms with van der Waals surface area (Å²) < 4.78 is 0.763. The second kappa shape index (κ2) is 5.34. The molecule has 0 aliphatic heterocycles. The third kappa shape index (κ3) is 2.61. The molecule has 0 aromatic heterocycles. The van der Waals surface area contributed by atoms with E-state index in [4.69, 9.17) is 16.9 Å². The van der Waals surface area contributed by atoms with Crippen LogP contribution in [0.5, 0.6) is 0 Å². The fourth-order valence-corrected chi connectivity index (χ4v) is 2.05. The van der Waals surface area contributed by atoms with E-state index in [1.54, 1.807) is 42.5 Å². The Morgan fingerprint density at radius 2 is 1.83 bits per heavy atom. The first-order valence-corrected chi connectivity index (χ1v) is 6.29. The normalized spacial score (nSPS) is 9.83. The van der Waals surface area contributed by atoms with Gasteiger partial charge in [0.05, 0.1) is 11.6 Å². The summed E-state index contributed by atoms with van der Waals surface area (Å²) in [5.74, 6) is -0.190. The topological polar surface area (TPSA) is 40.9 Å². The highest BCUT2D eigenvalue weighted by Gasteiger charge is 2.14. The highest BCUT2D eigenvalue weighted by atomic mass is 79.9. The Kier molecular flexibility index (Phi) is 3.81. The molecule has 4 heteroatoms. The van der Waals surface area contributed by atoms with Gasteiger partial charge in [-0.3, -0.25) is 4.79 Å². The minimum Gasteiger partial charge on any atom is -0.289 e. The summed E-state index contributed by atoms with van der Waals surface area (Å²) in [4.78, 5) is 12.3. The first-order chi connectivity index (χ1) is 8.61. The first-order valence-electron chi connectivity index (χ1n) is 5.12. The Balaban J connectivity index is 2.49. The second-order valence-corrected chi connectivity index (χ2v) is 4.99. The van der Waals surface area contributed by atoms with Gasteiger partial charge in [-0.1, -0.05) is 27.5 Å². The lowest BCUT2D eigenvalue weighted by Gasteiger charge is -2.04. The molecule has 0 heterocycles. The second-order valence-electron chi connectivity index (χ2n) is 3.64. The molecule has 2 aromatic rings. The molecule has 18 heavy (non-hydrogen) atoms. The predicted octanol–water partition coefficient (Wildman–Crippen LogP) is 4.21. The van der Waals surface area contributed by atoms with Crippen molar-refractivity contribution in [1.29, 1.82) is 5.26 Å². The largest absolute Gasteiger partial charge is 0.289 e. The van der Waals surface area contributed by atoms with Gasteiger partial charge in [-0.05, 0) is 42.5 Å². The maximum absolute atomic E-state index is 12.3. The van der Waals surface area contributed by atoms with Gasteiger partial charge in [-0.2, -0.15) is 5.26 Å². The molecular formula is C14H7BrClNO. The zero-order valence-corrected chi connectivity index (χ0v) is 11.5. The predicted molar refractivity (Wildman–Crippen MR) is 73.7 cm³/mol. The molecule has 0 radical (unpaired) electrons. The molecule has 0 aliphatic rings. The van der Waals surface area contributed by atoms with Gasteiger partial charge in [0.25, 0.3) is 0 Å². The molecule has 88 valence electrons. The molecule has 0 spiro atoms. The SMILES string of the molecule is N#Cc1ccc(Br)cc1C(=O)c1ccc(Cl)cc1. The Morgan fingerprint density at radius 3 is 2.44 bits per heavy atom. The van der Waals surface area contributed by atoms with Crippen molar-refractivity contribution in [1.82, 2.24) is 0 Å². The Morgan fingerprint density at radius 1 is 1.17 bits per heavy atom. The highest BCUT2D eigenvalue weighted by Crippen LogP contribution is 2.20. The third-order valence-electron chi connectivity index (χ3n) is 2.45. The quantitative estimate of drug-likeness (QED) is 0.778. The molecule has 2 rings (SSSR count). The van der Waals surface area contributed by atoms with Gasteiger partial charge in [-0.25, -0.2) is 0 Å². The fourth-order valence-electron chi connectivity index (χ4n) is 1.56. The van der Waals surface area contributed by atoms with Crippen LogP contribution in [0, 0.1) is 11.3 Å². The molecule has 2 aromatic carbocycles. The Hall–Kier alpha value is -1.63. The monoisotopic (exact) mass is 319 g/mol. The molecule has 0 aliphatic carbocycles. The maximum Gasteiger partial charge on any atom is 0.194 e. The van der Waals surface area contributed by atoms with E-state index in [9.17, 15) is 4.79 Å². The van der Waals surface area contributed by atoms with Gasteiger partial charge in [0.2, 0.25) is 0 Å². The Bertz CT molecular complexity index is 644. The summed E-state index contributed by atoms with van der Waals surface area (Å²) in [5, 5.41) is 9.58. The fraction of sp³-hybridized carbons (Fsp3) is 0. The van der Waals surface area contributed by atoms with E-state index in [0.29, 0.717) is 21.7 Å². The molecule has 0 atom stereocenters. The van der Waals surface area contributed by atoms with E-state index >= 15 is 0 Å². The summed E-state index contributed by atoms with van der Waals surface area (Å²) in [6.07, 6.45) is 0. The van der Waals surface area contributed by atoms with Crippen molar-refractivity contribution in [2.75, 3.05) is 0 Å². The number of ketones is 1. The lowest BCUT2D eigenvalue weighted by molar-refractivity contribution is 0.103. The zero-order chi connectivity index (χ0) is 13.1. The summed E-state index contributed by atoms with van der Waals surface area (Å²) in [5.41, 5.74) is 1.25. The molecule has 0 fully saturated rings. The summed E-state index contributed by atoms with van der Waals surface area (Å²) in [7, 11) is 0. The van der Waals surface area contributed by atoms with Crippen molar-refractivity contribution in [3.05, 3.63) is 68.7 Å². The number of carbonyl (C=O) groups is 1. The highest BCUT2D eigenvalue weighted by molar-refractivity contribution is 9.10. The molecule has 0 N–H and O–H groups in total. The van der Waals surface area contributed by atoms with Crippen molar-refractivity contribution in [3.8, 4) is 6.07 Å². The number of nitrogens with zero attached hydrogens (tertiary/aromatic N) is 1. The number of rotatable bonds is 2. The van der Waals surface area contributed by atoms with E-state index in [-0.39, 0.29) is 5.78 Å². The van der Waals surface area contributed by atoms with Crippen LogP contribution in [0.1, 0.15) is 21.5 Å². The molecular weight excluding hydrogens is 314 g/mol. The van der Waals surface area contributed by atoms with Crippen molar-refractivity contribution < 1.29 is 4.79 Å². The van der Waals surface area contributed by atoms with Gasteiger partial charge >= 0.3 is 0 Å². The van der Waals surface area contributed by atoms with E-state index in [1.807, 2.05) is 6.07 Å².